The Bertz CT molecular complexity index is 156. The molecule has 1 atom stereocenters. The molecule has 16 heavy (non-hydrogen) atoms. The Morgan fingerprint density at radius 1 is 1.12 bits per heavy atom. The fraction of sp³-hybridized carbons (Fsp3) is 1.00. The first-order valence-electron chi connectivity index (χ1n) is 7.05. The molecule has 0 aliphatic rings. The van der Waals surface area contributed by atoms with Crippen molar-refractivity contribution in [1.29, 1.82) is 0 Å². The van der Waals surface area contributed by atoms with E-state index in [0.29, 0.717) is 0 Å². The highest BCUT2D eigenvalue weighted by Gasteiger charge is 2.31. The van der Waals surface area contributed by atoms with Gasteiger partial charge in [0.1, 0.15) is 0 Å². The lowest BCUT2D eigenvalue weighted by Crippen LogP contribution is -2.54. The lowest BCUT2D eigenvalue weighted by Gasteiger charge is -2.43. The predicted octanol–water partition coefficient (Wildman–Crippen LogP) is 3.26. The molecule has 98 valence electrons. The van der Waals surface area contributed by atoms with Crippen molar-refractivity contribution in [1.82, 2.24) is 4.90 Å². The minimum absolute atomic E-state index is 0.236. The molecule has 0 amide bonds. The largest absolute Gasteiger partial charge is 0.329 e. The van der Waals surface area contributed by atoms with Crippen LogP contribution in [0.3, 0.4) is 0 Å². The van der Waals surface area contributed by atoms with Crippen LogP contribution in [0.5, 0.6) is 0 Å². The van der Waals surface area contributed by atoms with Crippen molar-refractivity contribution in [3.05, 3.63) is 0 Å². The van der Waals surface area contributed by atoms with E-state index < -0.39 is 0 Å². The Morgan fingerprint density at radius 2 is 1.69 bits per heavy atom. The van der Waals surface area contributed by atoms with Crippen LogP contribution >= 0.6 is 0 Å². The van der Waals surface area contributed by atoms with Gasteiger partial charge in [-0.2, -0.15) is 0 Å². The predicted molar refractivity (Wildman–Crippen MR) is 73.7 cm³/mol. The van der Waals surface area contributed by atoms with Gasteiger partial charge in [-0.3, -0.25) is 4.90 Å². The molecule has 0 aliphatic carbocycles. The van der Waals surface area contributed by atoms with Gasteiger partial charge in [0.15, 0.2) is 0 Å². The third-order valence-corrected chi connectivity index (χ3v) is 4.09. The highest BCUT2D eigenvalue weighted by molar-refractivity contribution is 4.89. The van der Waals surface area contributed by atoms with E-state index in [0.717, 1.165) is 25.3 Å². The van der Waals surface area contributed by atoms with Gasteiger partial charge >= 0.3 is 0 Å². The quantitative estimate of drug-likeness (QED) is 0.656. The van der Waals surface area contributed by atoms with E-state index in [1.807, 2.05) is 0 Å². The van der Waals surface area contributed by atoms with Crippen LogP contribution in [0.2, 0.25) is 0 Å². The minimum atomic E-state index is 0.236. The summed E-state index contributed by atoms with van der Waals surface area (Å²) < 4.78 is 0. The number of rotatable bonds is 9. The zero-order valence-corrected chi connectivity index (χ0v) is 12.1. The fourth-order valence-electron chi connectivity index (χ4n) is 2.41. The third kappa shape index (κ3) is 4.06. The topological polar surface area (TPSA) is 29.3 Å². The monoisotopic (exact) mass is 228 g/mol. The number of hydrogen-bond donors (Lipinski definition) is 1. The van der Waals surface area contributed by atoms with Crippen molar-refractivity contribution in [3.8, 4) is 0 Å². The SMILES string of the molecule is CCCN(CC(C)CC)C(CC)(CC)CN. The van der Waals surface area contributed by atoms with E-state index in [2.05, 4.69) is 39.5 Å². The summed E-state index contributed by atoms with van der Waals surface area (Å²) in [5, 5.41) is 0. The van der Waals surface area contributed by atoms with Gasteiger partial charge in [-0.25, -0.2) is 0 Å². The summed E-state index contributed by atoms with van der Waals surface area (Å²) in [5.74, 6) is 0.774. The van der Waals surface area contributed by atoms with Gasteiger partial charge in [-0.05, 0) is 31.7 Å². The Morgan fingerprint density at radius 3 is 2.00 bits per heavy atom. The second-order valence-corrected chi connectivity index (χ2v) is 5.10. The summed E-state index contributed by atoms with van der Waals surface area (Å²) in [4.78, 5) is 2.64. The molecular weight excluding hydrogens is 196 g/mol. The summed E-state index contributed by atoms with van der Waals surface area (Å²) in [7, 11) is 0. The highest BCUT2D eigenvalue weighted by Crippen LogP contribution is 2.24. The van der Waals surface area contributed by atoms with Crippen molar-refractivity contribution < 1.29 is 0 Å². The average molecular weight is 228 g/mol. The van der Waals surface area contributed by atoms with E-state index in [-0.39, 0.29) is 5.54 Å². The van der Waals surface area contributed by atoms with E-state index in [4.69, 9.17) is 5.73 Å². The van der Waals surface area contributed by atoms with Gasteiger partial charge < -0.3 is 5.73 Å². The Hall–Kier alpha value is -0.0800. The molecule has 2 nitrogen and oxygen atoms in total. The molecule has 0 aliphatic heterocycles. The maximum atomic E-state index is 6.04. The van der Waals surface area contributed by atoms with E-state index in [9.17, 15) is 0 Å². The smallest absolute Gasteiger partial charge is 0.0326 e. The molecule has 2 heteroatoms. The van der Waals surface area contributed by atoms with Crippen LogP contribution in [0.1, 0.15) is 60.3 Å². The maximum absolute atomic E-state index is 6.04. The van der Waals surface area contributed by atoms with Gasteiger partial charge in [0.2, 0.25) is 0 Å². The van der Waals surface area contributed by atoms with Crippen molar-refractivity contribution in [2.75, 3.05) is 19.6 Å². The molecule has 2 N–H and O–H groups in total. The Labute approximate surface area is 103 Å². The van der Waals surface area contributed by atoms with Gasteiger partial charge in [0, 0.05) is 18.6 Å². The summed E-state index contributed by atoms with van der Waals surface area (Å²) in [6.45, 7) is 14.6. The zero-order valence-electron chi connectivity index (χ0n) is 12.1. The summed E-state index contributed by atoms with van der Waals surface area (Å²) in [6, 6.07) is 0. The lowest BCUT2D eigenvalue weighted by atomic mass is 9.89. The van der Waals surface area contributed by atoms with Crippen molar-refractivity contribution in [2.45, 2.75) is 65.8 Å². The molecule has 0 spiro atoms. The van der Waals surface area contributed by atoms with Crippen molar-refractivity contribution >= 4 is 0 Å². The van der Waals surface area contributed by atoms with Gasteiger partial charge in [0.25, 0.3) is 0 Å². The molecule has 0 aromatic rings. The maximum Gasteiger partial charge on any atom is 0.0326 e. The summed E-state index contributed by atoms with van der Waals surface area (Å²) in [5.41, 5.74) is 6.27. The van der Waals surface area contributed by atoms with Crippen molar-refractivity contribution in [2.24, 2.45) is 11.7 Å². The van der Waals surface area contributed by atoms with Crippen LogP contribution in [0.25, 0.3) is 0 Å². The van der Waals surface area contributed by atoms with Gasteiger partial charge in [-0.15, -0.1) is 0 Å². The zero-order chi connectivity index (χ0) is 12.6. The molecule has 0 aromatic carbocycles. The van der Waals surface area contributed by atoms with Crippen LogP contribution in [-0.4, -0.2) is 30.1 Å². The molecule has 0 radical (unpaired) electrons. The molecule has 0 bridgehead atoms. The minimum Gasteiger partial charge on any atom is -0.329 e. The second kappa shape index (κ2) is 8.08. The number of hydrogen-bond acceptors (Lipinski definition) is 2. The van der Waals surface area contributed by atoms with Crippen LogP contribution in [0.4, 0.5) is 0 Å². The Balaban J connectivity index is 4.69. The molecule has 0 rings (SSSR count). The van der Waals surface area contributed by atoms with Gasteiger partial charge in [0.05, 0.1) is 0 Å². The number of nitrogens with two attached hydrogens (primary N) is 1. The highest BCUT2D eigenvalue weighted by atomic mass is 15.2. The second-order valence-electron chi connectivity index (χ2n) is 5.10. The van der Waals surface area contributed by atoms with Crippen LogP contribution in [0.15, 0.2) is 0 Å². The molecule has 0 aromatic heterocycles. The first kappa shape index (κ1) is 15.9. The summed E-state index contributed by atoms with van der Waals surface area (Å²) >= 11 is 0. The van der Waals surface area contributed by atoms with E-state index >= 15 is 0 Å². The number of nitrogens with zero attached hydrogens (tertiary/aromatic N) is 1. The van der Waals surface area contributed by atoms with E-state index in [1.165, 1.54) is 25.9 Å². The standard InChI is InChI=1S/C14H32N2/c1-6-10-16(11-13(5)7-2)14(8-3,9-4)12-15/h13H,6-12,15H2,1-5H3. The molecule has 0 heterocycles. The van der Waals surface area contributed by atoms with E-state index in [1.54, 1.807) is 0 Å². The molecule has 1 unspecified atom stereocenters. The van der Waals surface area contributed by atoms with Crippen LogP contribution in [-0.2, 0) is 0 Å². The third-order valence-electron chi connectivity index (χ3n) is 4.09. The van der Waals surface area contributed by atoms with Crippen LogP contribution < -0.4 is 5.73 Å². The molecule has 0 saturated heterocycles. The first-order chi connectivity index (χ1) is 7.60. The Kier molecular flexibility index (Phi) is 8.04. The molecular formula is C14H32N2. The average Bonchev–Trinajstić information content (AvgIpc) is 2.32. The molecule has 0 saturated carbocycles. The first-order valence-corrected chi connectivity index (χ1v) is 7.05. The molecule has 0 fully saturated rings. The fourth-order valence-corrected chi connectivity index (χ4v) is 2.41. The summed E-state index contributed by atoms with van der Waals surface area (Å²) in [6.07, 6.45) is 4.80. The van der Waals surface area contributed by atoms with Crippen molar-refractivity contribution in [3.63, 3.8) is 0 Å². The lowest BCUT2D eigenvalue weighted by molar-refractivity contribution is 0.0691. The van der Waals surface area contributed by atoms with Gasteiger partial charge in [-0.1, -0.05) is 41.0 Å². The van der Waals surface area contributed by atoms with Crippen LogP contribution in [0, 0.1) is 5.92 Å². The normalized spacial score (nSPS) is 14.4.